The zero-order valence-corrected chi connectivity index (χ0v) is 8.38. The lowest BCUT2D eigenvalue weighted by molar-refractivity contribution is 0.101. The van der Waals surface area contributed by atoms with Crippen LogP contribution in [-0.2, 0) is 0 Å². The summed E-state index contributed by atoms with van der Waals surface area (Å²) in [5.74, 6) is 0.0573. The topological polar surface area (TPSA) is 30.0 Å². The Hall–Kier alpha value is -1.41. The number of ketones is 1. The number of hydrogen-bond donors (Lipinski definition) is 0. The molecule has 1 aromatic carbocycles. The molecule has 0 bridgehead atoms. The van der Waals surface area contributed by atoms with Gasteiger partial charge in [-0.15, -0.1) is 0 Å². The summed E-state index contributed by atoms with van der Waals surface area (Å²) >= 11 is 5.74. The number of rotatable bonds is 1. The molecule has 0 fully saturated rings. The highest BCUT2D eigenvalue weighted by molar-refractivity contribution is 6.29. The van der Waals surface area contributed by atoms with E-state index < -0.39 is 0 Å². The van der Waals surface area contributed by atoms with E-state index in [4.69, 9.17) is 11.6 Å². The molecule has 0 N–H and O–H groups in total. The molecule has 1 aromatic heterocycles. The molecule has 0 amide bonds. The van der Waals surface area contributed by atoms with E-state index in [1.165, 1.54) is 0 Å². The first-order valence-corrected chi connectivity index (χ1v) is 4.62. The molecule has 70 valence electrons. The van der Waals surface area contributed by atoms with Gasteiger partial charge in [-0.1, -0.05) is 11.6 Å². The molecule has 0 spiro atoms. The zero-order valence-electron chi connectivity index (χ0n) is 7.62. The fourth-order valence-electron chi connectivity index (χ4n) is 1.32. The summed E-state index contributed by atoms with van der Waals surface area (Å²) in [6.07, 6.45) is 0. The van der Waals surface area contributed by atoms with Crippen molar-refractivity contribution in [1.82, 2.24) is 4.98 Å². The van der Waals surface area contributed by atoms with Crippen LogP contribution in [0.5, 0.6) is 0 Å². The van der Waals surface area contributed by atoms with Crippen LogP contribution in [0, 0.1) is 0 Å². The number of hydrogen-bond acceptors (Lipinski definition) is 2. The van der Waals surface area contributed by atoms with Crippen molar-refractivity contribution in [2.24, 2.45) is 0 Å². The summed E-state index contributed by atoms with van der Waals surface area (Å²) in [5.41, 5.74) is 1.50. The van der Waals surface area contributed by atoms with Gasteiger partial charge in [-0.05, 0) is 37.3 Å². The van der Waals surface area contributed by atoms with E-state index in [1.807, 2.05) is 12.1 Å². The Balaban J connectivity index is 2.67. The van der Waals surface area contributed by atoms with Crippen LogP contribution in [0.25, 0.3) is 10.9 Å². The third-order valence-corrected chi connectivity index (χ3v) is 2.27. The summed E-state index contributed by atoms with van der Waals surface area (Å²) < 4.78 is 0. The van der Waals surface area contributed by atoms with Crippen LogP contribution >= 0.6 is 11.6 Å². The van der Waals surface area contributed by atoms with Crippen LogP contribution in [0.1, 0.15) is 17.3 Å². The van der Waals surface area contributed by atoms with Crippen LogP contribution in [0.3, 0.4) is 0 Å². The number of halogens is 1. The second kappa shape index (κ2) is 3.39. The van der Waals surface area contributed by atoms with Gasteiger partial charge >= 0.3 is 0 Å². The molecular weight excluding hydrogens is 198 g/mol. The van der Waals surface area contributed by atoms with Crippen LogP contribution in [-0.4, -0.2) is 10.8 Å². The van der Waals surface area contributed by atoms with Crippen LogP contribution < -0.4 is 0 Å². The quantitative estimate of drug-likeness (QED) is 0.529. The number of fused-ring (bicyclic) bond motifs is 1. The molecular formula is C11H8ClNO. The Morgan fingerprint density at radius 2 is 2.07 bits per heavy atom. The van der Waals surface area contributed by atoms with E-state index in [0.717, 1.165) is 10.9 Å². The molecule has 3 heteroatoms. The third-order valence-electron chi connectivity index (χ3n) is 2.06. The fraction of sp³-hybridized carbons (Fsp3) is 0.0909. The molecule has 0 saturated heterocycles. The second-order valence-corrected chi connectivity index (χ2v) is 3.48. The van der Waals surface area contributed by atoms with Crippen molar-refractivity contribution in [2.75, 3.05) is 0 Å². The summed E-state index contributed by atoms with van der Waals surface area (Å²) in [5, 5.41) is 1.40. The second-order valence-electron chi connectivity index (χ2n) is 3.10. The summed E-state index contributed by atoms with van der Waals surface area (Å²) in [4.78, 5) is 15.2. The molecule has 14 heavy (non-hydrogen) atoms. The molecule has 0 saturated carbocycles. The molecule has 0 atom stereocenters. The molecule has 2 nitrogen and oxygen atoms in total. The van der Waals surface area contributed by atoms with Crippen LogP contribution in [0.2, 0.25) is 5.15 Å². The van der Waals surface area contributed by atoms with Gasteiger partial charge in [0.2, 0.25) is 0 Å². The van der Waals surface area contributed by atoms with Crippen molar-refractivity contribution >= 4 is 28.3 Å². The van der Waals surface area contributed by atoms with Crippen molar-refractivity contribution in [1.29, 1.82) is 0 Å². The highest BCUT2D eigenvalue weighted by atomic mass is 35.5. The Kier molecular flexibility index (Phi) is 2.22. The maximum Gasteiger partial charge on any atom is 0.159 e. The van der Waals surface area contributed by atoms with Gasteiger partial charge in [-0.25, -0.2) is 4.98 Å². The number of carbonyl (C=O) groups is 1. The number of Topliss-reactive ketones (excluding diaryl/α,β-unsaturated/α-hetero) is 1. The Morgan fingerprint density at radius 1 is 1.29 bits per heavy atom. The maximum atomic E-state index is 11.1. The summed E-state index contributed by atoms with van der Waals surface area (Å²) in [6, 6.07) is 8.96. The predicted molar refractivity (Wildman–Crippen MR) is 56.8 cm³/mol. The summed E-state index contributed by atoms with van der Waals surface area (Å²) in [7, 11) is 0. The van der Waals surface area contributed by atoms with Gasteiger partial charge in [0.05, 0.1) is 5.52 Å². The SMILES string of the molecule is CC(=O)c1ccc2nc(Cl)ccc2c1. The van der Waals surface area contributed by atoms with Crippen molar-refractivity contribution < 1.29 is 4.79 Å². The van der Waals surface area contributed by atoms with Crippen molar-refractivity contribution in [3.05, 3.63) is 41.0 Å². The van der Waals surface area contributed by atoms with Gasteiger partial charge in [-0.3, -0.25) is 4.79 Å². The maximum absolute atomic E-state index is 11.1. The first-order valence-electron chi connectivity index (χ1n) is 4.24. The molecule has 2 rings (SSSR count). The molecule has 0 unspecified atom stereocenters. The number of pyridine rings is 1. The zero-order chi connectivity index (χ0) is 10.1. The number of nitrogens with zero attached hydrogens (tertiary/aromatic N) is 1. The summed E-state index contributed by atoms with van der Waals surface area (Å²) in [6.45, 7) is 1.55. The third kappa shape index (κ3) is 1.61. The van der Waals surface area contributed by atoms with Crippen LogP contribution in [0.15, 0.2) is 30.3 Å². The number of carbonyl (C=O) groups excluding carboxylic acids is 1. The first kappa shape index (κ1) is 9.16. The number of aromatic nitrogens is 1. The van der Waals surface area contributed by atoms with Gasteiger partial charge < -0.3 is 0 Å². The van der Waals surface area contributed by atoms with Crippen molar-refractivity contribution in [2.45, 2.75) is 6.92 Å². The fourth-order valence-corrected chi connectivity index (χ4v) is 1.47. The average molecular weight is 206 g/mol. The van der Waals surface area contributed by atoms with E-state index in [9.17, 15) is 4.79 Å². The Bertz CT molecular complexity index is 508. The average Bonchev–Trinajstić information content (AvgIpc) is 2.16. The predicted octanol–water partition coefficient (Wildman–Crippen LogP) is 3.09. The molecule has 0 aliphatic heterocycles. The van der Waals surface area contributed by atoms with Gasteiger partial charge in [-0.2, -0.15) is 0 Å². The lowest BCUT2D eigenvalue weighted by Gasteiger charge is -1.99. The number of benzene rings is 1. The molecule has 2 aromatic rings. The highest BCUT2D eigenvalue weighted by Gasteiger charge is 2.01. The van der Waals surface area contributed by atoms with E-state index in [2.05, 4.69) is 4.98 Å². The largest absolute Gasteiger partial charge is 0.295 e. The lowest BCUT2D eigenvalue weighted by atomic mass is 10.1. The van der Waals surface area contributed by atoms with Crippen molar-refractivity contribution in [3.63, 3.8) is 0 Å². The standard InChI is InChI=1S/C11H8ClNO/c1-7(14)8-2-4-10-9(6-8)3-5-11(12)13-10/h2-6H,1H3. The minimum absolute atomic E-state index is 0.0573. The minimum Gasteiger partial charge on any atom is -0.295 e. The molecule has 0 aliphatic carbocycles. The molecule has 0 radical (unpaired) electrons. The van der Waals surface area contributed by atoms with E-state index in [0.29, 0.717) is 10.7 Å². The highest BCUT2D eigenvalue weighted by Crippen LogP contribution is 2.17. The smallest absolute Gasteiger partial charge is 0.159 e. The van der Waals surface area contributed by atoms with E-state index >= 15 is 0 Å². The minimum atomic E-state index is 0.0573. The van der Waals surface area contributed by atoms with E-state index in [1.54, 1.807) is 25.1 Å². The monoisotopic (exact) mass is 205 g/mol. The van der Waals surface area contributed by atoms with Gasteiger partial charge in [0, 0.05) is 10.9 Å². The van der Waals surface area contributed by atoms with Crippen LogP contribution in [0.4, 0.5) is 0 Å². The molecule has 1 heterocycles. The Morgan fingerprint density at radius 3 is 2.79 bits per heavy atom. The van der Waals surface area contributed by atoms with Gasteiger partial charge in [0.1, 0.15) is 5.15 Å². The van der Waals surface area contributed by atoms with Gasteiger partial charge in [0.25, 0.3) is 0 Å². The normalized spacial score (nSPS) is 10.4. The Labute approximate surface area is 86.5 Å². The van der Waals surface area contributed by atoms with E-state index in [-0.39, 0.29) is 5.78 Å². The van der Waals surface area contributed by atoms with Crippen molar-refractivity contribution in [3.8, 4) is 0 Å². The van der Waals surface area contributed by atoms with Gasteiger partial charge in [0.15, 0.2) is 5.78 Å². The first-order chi connectivity index (χ1) is 6.66. The molecule has 0 aliphatic rings. The lowest BCUT2D eigenvalue weighted by Crippen LogP contribution is -1.91.